The molecule has 2 heterocycles. The molecule has 2 aliphatic rings. The van der Waals surface area contributed by atoms with Crippen LogP contribution in [0.5, 0.6) is 11.5 Å². The molecule has 184 valence electrons. The predicted octanol–water partition coefficient (Wildman–Crippen LogP) is 8.30. The van der Waals surface area contributed by atoms with Crippen LogP contribution in [0, 0.1) is 0 Å². The number of thioether (sulfide) groups is 2. The normalized spacial score (nSPS) is 18.3. The van der Waals surface area contributed by atoms with Crippen LogP contribution in [0.25, 0.3) is 0 Å². The Morgan fingerprint density at radius 3 is 2.39 bits per heavy atom. The van der Waals surface area contributed by atoms with Crippen molar-refractivity contribution < 1.29 is 9.53 Å². The largest absolute Gasteiger partial charge is 0.457 e. The molecular weight excluding hydrogens is 510 g/mol. The van der Waals surface area contributed by atoms with Crippen molar-refractivity contribution in [3.8, 4) is 11.5 Å². The molecule has 0 aliphatic carbocycles. The molecule has 1 saturated heterocycles. The third-order valence-corrected chi connectivity index (χ3v) is 8.43. The average Bonchev–Trinajstić information content (AvgIpc) is 3.40. The maximum absolute atomic E-state index is 13.6. The second kappa shape index (κ2) is 11.0. The lowest BCUT2D eigenvalue weighted by atomic mass is 10.3. The number of fused-ring (bicyclic) bond motifs is 1. The van der Waals surface area contributed by atoms with Crippen molar-refractivity contribution in [3.63, 3.8) is 0 Å². The van der Waals surface area contributed by atoms with E-state index < -0.39 is 0 Å². The quantitative estimate of drug-likeness (QED) is 0.285. The number of hydrogen-bond acceptors (Lipinski definition) is 6. The topological polar surface area (TPSA) is 45.1 Å². The van der Waals surface area contributed by atoms with Crippen molar-refractivity contribution in [1.82, 2.24) is 4.90 Å². The van der Waals surface area contributed by atoms with Gasteiger partial charge in [0.2, 0.25) is 0 Å². The zero-order chi connectivity index (χ0) is 25.1. The zero-order valence-electron chi connectivity index (χ0n) is 20.1. The Morgan fingerprint density at radius 2 is 1.67 bits per heavy atom. The summed E-state index contributed by atoms with van der Waals surface area (Å²) in [5, 5.41) is 2.34. The highest BCUT2D eigenvalue weighted by molar-refractivity contribution is 8.19. The van der Waals surface area contributed by atoms with Crippen LogP contribution in [0.1, 0.15) is 26.7 Å². The van der Waals surface area contributed by atoms with Gasteiger partial charge in [-0.15, -0.1) is 0 Å². The summed E-state index contributed by atoms with van der Waals surface area (Å²) in [6.07, 6.45) is 1.91. The van der Waals surface area contributed by atoms with Crippen LogP contribution in [-0.2, 0) is 4.79 Å². The Balaban J connectivity index is 1.44. The Bertz CT molecular complexity index is 1330. The number of amidine groups is 1. The Hall–Kier alpha value is -2.87. The highest BCUT2D eigenvalue weighted by Gasteiger charge is 2.39. The summed E-state index contributed by atoms with van der Waals surface area (Å²) in [5.74, 6) is 1.53. The lowest BCUT2D eigenvalue weighted by Crippen LogP contribution is -2.30. The molecule has 0 saturated carbocycles. The lowest BCUT2D eigenvalue weighted by Gasteiger charge is -2.19. The summed E-state index contributed by atoms with van der Waals surface area (Å²) in [4.78, 5) is 24.3. The van der Waals surface area contributed by atoms with Gasteiger partial charge in [-0.25, -0.2) is 4.99 Å². The highest BCUT2D eigenvalue weighted by atomic mass is 35.5. The number of nitrogens with zero attached hydrogens (tertiary/aromatic N) is 3. The van der Waals surface area contributed by atoms with Gasteiger partial charge < -0.3 is 9.64 Å². The van der Waals surface area contributed by atoms with Gasteiger partial charge in [-0.05, 0) is 79.7 Å². The number of ether oxygens (including phenoxy) is 1. The number of benzene rings is 3. The molecule has 0 N–H and O–H groups in total. The minimum absolute atomic E-state index is 0.0103. The number of aliphatic imine (C=N–C) groups is 1. The SMILES string of the molecule is CCCCN1C(=O)/C(=C2/Sc3ccc(Cl)cc3N2CC)SC1=Nc1ccc(Oc2ccccc2)cc1. The van der Waals surface area contributed by atoms with Crippen molar-refractivity contribution in [1.29, 1.82) is 0 Å². The molecule has 0 unspecified atom stereocenters. The summed E-state index contributed by atoms with van der Waals surface area (Å²) in [6.45, 7) is 5.60. The minimum atomic E-state index is 0.0103. The first-order valence-corrected chi connectivity index (χ1v) is 14.0. The van der Waals surface area contributed by atoms with Crippen molar-refractivity contribution in [3.05, 3.63) is 87.8 Å². The van der Waals surface area contributed by atoms with E-state index in [0.29, 0.717) is 21.6 Å². The van der Waals surface area contributed by atoms with E-state index >= 15 is 0 Å². The number of carbonyl (C=O) groups excluding carboxylic acids is 1. The van der Waals surface area contributed by atoms with Gasteiger partial charge in [0.05, 0.1) is 11.4 Å². The maximum Gasteiger partial charge on any atom is 0.269 e. The number of rotatable bonds is 7. The maximum atomic E-state index is 13.6. The molecule has 0 aromatic heterocycles. The van der Waals surface area contributed by atoms with Crippen LogP contribution in [0.15, 0.2) is 92.6 Å². The van der Waals surface area contributed by atoms with Gasteiger partial charge in [-0.2, -0.15) is 0 Å². The van der Waals surface area contributed by atoms with Gasteiger partial charge in [0.15, 0.2) is 5.17 Å². The minimum Gasteiger partial charge on any atom is -0.457 e. The van der Waals surface area contributed by atoms with E-state index in [9.17, 15) is 4.79 Å². The molecule has 36 heavy (non-hydrogen) atoms. The lowest BCUT2D eigenvalue weighted by molar-refractivity contribution is -0.122. The summed E-state index contributed by atoms with van der Waals surface area (Å²) < 4.78 is 5.90. The fraction of sp³-hybridized carbons (Fsp3) is 0.214. The summed E-state index contributed by atoms with van der Waals surface area (Å²) in [6, 6.07) is 23.2. The Morgan fingerprint density at radius 1 is 0.917 bits per heavy atom. The van der Waals surface area contributed by atoms with Crippen LogP contribution in [0.2, 0.25) is 5.02 Å². The summed E-state index contributed by atoms with van der Waals surface area (Å²) in [5.41, 5.74) is 1.82. The zero-order valence-corrected chi connectivity index (χ0v) is 22.5. The van der Waals surface area contributed by atoms with Gasteiger partial charge in [-0.1, -0.05) is 54.9 Å². The molecule has 0 spiro atoms. The van der Waals surface area contributed by atoms with Crippen LogP contribution >= 0.6 is 35.1 Å². The first-order valence-electron chi connectivity index (χ1n) is 12.0. The Labute approximate surface area is 225 Å². The average molecular weight is 536 g/mol. The number of carbonyl (C=O) groups is 1. The van der Waals surface area contributed by atoms with E-state index in [2.05, 4.69) is 18.7 Å². The van der Waals surface area contributed by atoms with Crippen molar-refractivity contribution in [2.45, 2.75) is 31.6 Å². The van der Waals surface area contributed by atoms with Gasteiger partial charge in [-0.3, -0.25) is 9.69 Å². The number of amides is 1. The van der Waals surface area contributed by atoms with Gasteiger partial charge in [0, 0.05) is 23.0 Å². The fourth-order valence-corrected chi connectivity index (χ4v) is 6.56. The van der Waals surface area contributed by atoms with Crippen LogP contribution in [-0.4, -0.2) is 29.1 Å². The van der Waals surface area contributed by atoms with Crippen LogP contribution < -0.4 is 9.64 Å². The number of para-hydroxylation sites is 1. The molecule has 5 nitrogen and oxygen atoms in total. The monoisotopic (exact) mass is 535 g/mol. The van der Waals surface area contributed by atoms with Gasteiger partial charge in [0.1, 0.15) is 21.4 Å². The molecular formula is C28H26ClN3O2S2. The van der Waals surface area contributed by atoms with Gasteiger partial charge >= 0.3 is 0 Å². The predicted molar refractivity (Wildman–Crippen MR) is 152 cm³/mol. The second-order valence-electron chi connectivity index (χ2n) is 8.31. The molecule has 3 aromatic rings. The van der Waals surface area contributed by atoms with Crippen molar-refractivity contribution in [2.24, 2.45) is 4.99 Å². The van der Waals surface area contributed by atoms with Crippen LogP contribution in [0.3, 0.4) is 0 Å². The van der Waals surface area contributed by atoms with E-state index in [1.54, 1.807) is 11.8 Å². The van der Waals surface area contributed by atoms with E-state index in [1.165, 1.54) is 11.8 Å². The van der Waals surface area contributed by atoms with Gasteiger partial charge in [0.25, 0.3) is 5.91 Å². The van der Waals surface area contributed by atoms with E-state index in [0.717, 1.165) is 52.2 Å². The number of unbranched alkanes of at least 4 members (excludes halogenated alkanes) is 1. The fourth-order valence-electron chi connectivity index (χ4n) is 3.99. The molecule has 8 heteroatoms. The third-order valence-electron chi connectivity index (χ3n) is 5.81. The standard InChI is InChI=1S/C28H26ClN3O2S2/c1-3-5-17-32-26(33)25(27-31(4-2)23-18-19(29)11-16-24(23)35-27)36-28(32)30-20-12-14-22(15-13-20)34-21-9-7-6-8-10-21/h6-16,18H,3-5,17H2,1-2H3/b27-25-,30-28?. The second-order valence-corrected chi connectivity index (χ2v) is 10.8. The first-order chi connectivity index (χ1) is 17.6. The molecule has 5 rings (SSSR count). The molecule has 0 atom stereocenters. The van der Waals surface area contributed by atoms with E-state index in [-0.39, 0.29) is 5.91 Å². The number of anilines is 1. The highest BCUT2D eigenvalue weighted by Crippen LogP contribution is 2.51. The molecule has 0 radical (unpaired) electrons. The summed E-state index contributed by atoms with van der Waals surface area (Å²) in [7, 11) is 0. The third kappa shape index (κ3) is 5.14. The smallest absolute Gasteiger partial charge is 0.269 e. The first kappa shape index (κ1) is 24.8. The molecule has 0 bridgehead atoms. The van der Waals surface area contributed by atoms with E-state index in [4.69, 9.17) is 21.3 Å². The molecule has 2 aliphatic heterocycles. The number of hydrogen-bond donors (Lipinski definition) is 0. The molecule has 3 aromatic carbocycles. The summed E-state index contributed by atoms with van der Waals surface area (Å²) >= 11 is 9.34. The Kier molecular flexibility index (Phi) is 7.60. The van der Waals surface area contributed by atoms with Crippen molar-refractivity contribution in [2.75, 3.05) is 18.0 Å². The molecule has 1 fully saturated rings. The molecule has 1 amide bonds. The van der Waals surface area contributed by atoms with Crippen molar-refractivity contribution >= 4 is 57.6 Å². The number of halogens is 1. The van der Waals surface area contributed by atoms with Crippen LogP contribution in [0.4, 0.5) is 11.4 Å². The van der Waals surface area contributed by atoms with E-state index in [1.807, 2.05) is 77.7 Å².